The van der Waals surface area contributed by atoms with Crippen molar-refractivity contribution in [1.82, 2.24) is 4.98 Å². The van der Waals surface area contributed by atoms with Crippen molar-refractivity contribution in [2.75, 3.05) is 42.7 Å². The molecular weight excluding hydrogens is 472 g/mol. The van der Waals surface area contributed by atoms with Crippen molar-refractivity contribution in [2.24, 2.45) is 5.92 Å². The SMILES string of the molecule is O=C(O)C1CCCCC1c1nc(C2CCOCC2)sc1-c1ccc(N2CCS(=O)(=O)CC2)cc1. The number of carboxylic acids is 1. The van der Waals surface area contributed by atoms with Crippen molar-refractivity contribution in [3.8, 4) is 10.4 Å². The van der Waals surface area contributed by atoms with Gasteiger partial charge in [-0.2, -0.15) is 0 Å². The lowest BCUT2D eigenvalue weighted by Gasteiger charge is -2.29. The molecule has 2 saturated heterocycles. The molecular formula is C25H32N2O5S2. The Balaban J connectivity index is 1.47. The van der Waals surface area contributed by atoms with Crippen LogP contribution in [0.15, 0.2) is 24.3 Å². The highest BCUT2D eigenvalue weighted by atomic mass is 32.2. The molecule has 2 aliphatic heterocycles. The molecule has 3 aliphatic rings. The van der Waals surface area contributed by atoms with Crippen LogP contribution in [-0.4, -0.2) is 62.3 Å². The minimum absolute atomic E-state index is 0.0573. The number of hydrogen-bond donors (Lipinski definition) is 1. The number of nitrogens with zero attached hydrogens (tertiary/aromatic N) is 2. The second kappa shape index (κ2) is 9.95. The normalized spacial score (nSPS) is 25.8. The van der Waals surface area contributed by atoms with E-state index in [-0.39, 0.29) is 23.3 Å². The van der Waals surface area contributed by atoms with E-state index in [0.29, 0.717) is 25.4 Å². The largest absolute Gasteiger partial charge is 0.481 e. The highest BCUT2D eigenvalue weighted by Gasteiger charge is 2.36. The Morgan fingerprint density at radius 3 is 2.38 bits per heavy atom. The third-order valence-electron chi connectivity index (χ3n) is 7.51. The summed E-state index contributed by atoms with van der Waals surface area (Å²) in [5, 5.41) is 11.0. The van der Waals surface area contributed by atoms with Gasteiger partial charge < -0.3 is 14.7 Å². The van der Waals surface area contributed by atoms with Gasteiger partial charge in [-0.05, 0) is 43.4 Å². The Morgan fingerprint density at radius 2 is 1.71 bits per heavy atom. The number of sulfone groups is 1. The van der Waals surface area contributed by atoms with Gasteiger partial charge in [-0.15, -0.1) is 11.3 Å². The van der Waals surface area contributed by atoms with Crippen LogP contribution in [-0.2, 0) is 19.4 Å². The highest BCUT2D eigenvalue weighted by molar-refractivity contribution is 7.91. The molecule has 1 N–H and O–H groups in total. The summed E-state index contributed by atoms with van der Waals surface area (Å²) in [5.41, 5.74) is 3.04. The molecule has 0 bridgehead atoms. The molecule has 1 saturated carbocycles. The van der Waals surface area contributed by atoms with Gasteiger partial charge in [0.1, 0.15) is 0 Å². The number of aliphatic carboxylic acids is 1. The number of aromatic nitrogens is 1. The molecule has 1 aromatic heterocycles. The van der Waals surface area contributed by atoms with Crippen molar-refractivity contribution in [3.63, 3.8) is 0 Å². The van der Waals surface area contributed by atoms with Crippen molar-refractivity contribution >= 4 is 32.8 Å². The first-order valence-electron chi connectivity index (χ1n) is 12.3. The molecule has 0 radical (unpaired) electrons. The van der Waals surface area contributed by atoms with Gasteiger partial charge in [0, 0.05) is 43.8 Å². The lowest BCUT2D eigenvalue weighted by molar-refractivity contribution is -0.143. The highest BCUT2D eigenvalue weighted by Crippen LogP contribution is 2.46. The minimum Gasteiger partial charge on any atom is -0.481 e. The summed E-state index contributed by atoms with van der Waals surface area (Å²) in [5.74, 6) is -0.398. The van der Waals surface area contributed by atoms with E-state index in [0.717, 1.165) is 72.1 Å². The monoisotopic (exact) mass is 504 g/mol. The maximum Gasteiger partial charge on any atom is 0.307 e. The molecule has 0 spiro atoms. The molecule has 1 aromatic carbocycles. The fourth-order valence-electron chi connectivity index (χ4n) is 5.47. The van der Waals surface area contributed by atoms with E-state index in [1.807, 2.05) is 0 Å². The average Bonchev–Trinajstić information content (AvgIpc) is 3.30. The van der Waals surface area contributed by atoms with E-state index >= 15 is 0 Å². The van der Waals surface area contributed by atoms with E-state index in [9.17, 15) is 18.3 Å². The fraction of sp³-hybridized carbons (Fsp3) is 0.600. The molecule has 184 valence electrons. The molecule has 3 heterocycles. The minimum atomic E-state index is -2.92. The molecule has 0 amide bonds. The number of rotatable bonds is 5. The molecule has 3 fully saturated rings. The second-order valence-electron chi connectivity index (χ2n) is 9.67. The van der Waals surface area contributed by atoms with Crippen LogP contribution < -0.4 is 4.90 Å². The maximum absolute atomic E-state index is 12.1. The Kier molecular flexibility index (Phi) is 6.95. The molecule has 7 nitrogen and oxygen atoms in total. The number of benzene rings is 1. The topological polar surface area (TPSA) is 96.8 Å². The van der Waals surface area contributed by atoms with Crippen LogP contribution in [0.2, 0.25) is 0 Å². The third kappa shape index (κ3) is 5.02. The number of carboxylic acid groups (broad SMARTS) is 1. The van der Waals surface area contributed by atoms with Crippen molar-refractivity contribution in [3.05, 3.63) is 35.0 Å². The number of anilines is 1. The number of ether oxygens (including phenoxy) is 1. The van der Waals surface area contributed by atoms with E-state index in [1.54, 1.807) is 11.3 Å². The van der Waals surface area contributed by atoms with Gasteiger partial charge in [-0.3, -0.25) is 4.79 Å². The molecule has 5 rings (SSSR count). The van der Waals surface area contributed by atoms with Crippen molar-refractivity contribution in [2.45, 2.75) is 50.4 Å². The first kappa shape index (κ1) is 23.8. The molecule has 9 heteroatoms. The smallest absolute Gasteiger partial charge is 0.307 e. The Bertz CT molecular complexity index is 1110. The van der Waals surface area contributed by atoms with Gasteiger partial charge in [-0.1, -0.05) is 25.0 Å². The van der Waals surface area contributed by atoms with Crippen LogP contribution in [0.5, 0.6) is 0 Å². The van der Waals surface area contributed by atoms with Crippen LogP contribution in [0.4, 0.5) is 5.69 Å². The van der Waals surface area contributed by atoms with Gasteiger partial charge in [0.15, 0.2) is 9.84 Å². The van der Waals surface area contributed by atoms with E-state index in [4.69, 9.17) is 9.72 Å². The number of hydrogen-bond acceptors (Lipinski definition) is 7. The first-order chi connectivity index (χ1) is 16.4. The lowest BCUT2D eigenvalue weighted by Crippen LogP contribution is -2.40. The summed E-state index contributed by atoms with van der Waals surface area (Å²) < 4.78 is 29.1. The summed E-state index contributed by atoms with van der Waals surface area (Å²) in [4.78, 5) is 20.4. The summed E-state index contributed by atoms with van der Waals surface area (Å²) >= 11 is 1.72. The van der Waals surface area contributed by atoms with Crippen LogP contribution in [0, 0.1) is 5.92 Å². The number of thiazole rings is 1. The molecule has 1 aliphatic carbocycles. The van der Waals surface area contributed by atoms with Crippen LogP contribution in [0.3, 0.4) is 0 Å². The van der Waals surface area contributed by atoms with Gasteiger partial charge in [0.05, 0.1) is 33.0 Å². The summed E-state index contributed by atoms with van der Waals surface area (Å²) in [6, 6.07) is 8.28. The van der Waals surface area contributed by atoms with Crippen molar-refractivity contribution < 1.29 is 23.1 Å². The van der Waals surface area contributed by atoms with Crippen LogP contribution in [0.1, 0.15) is 61.1 Å². The van der Waals surface area contributed by atoms with Crippen LogP contribution >= 0.6 is 11.3 Å². The van der Waals surface area contributed by atoms with Gasteiger partial charge in [-0.25, -0.2) is 13.4 Å². The summed E-state index contributed by atoms with van der Waals surface area (Å²) in [7, 11) is -2.92. The van der Waals surface area contributed by atoms with E-state index in [2.05, 4.69) is 29.2 Å². The second-order valence-corrected chi connectivity index (χ2v) is 13.0. The Hall–Kier alpha value is -1.97. The van der Waals surface area contributed by atoms with E-state index < -0.39 is 15.8 Å². The fourth-order valence-corrected chi connectivity index (χ4v) is 7.99. The molecule has 2 aromatic rings. The maximum atomic E-state index is 12.1. The zero-order valence-electron chi connectivity index (χ0n) is 19.3. The lowest BCUT2D eigenvalue weighted by atomic mass is 9.77. The molecule has 34 heavy (non-hydrogen) atoms. The third-order valence-corrected chi connectivity index (χ3v) is 10.4. The Morgan fingerprint density at radius 1 is 1.03 bits per heavy atom. The predicted molar refractivity (Wildman–Crippen MR) is 134 cm³/mol. The summed E-state index contributed by atoms with van der Waals surface area (Å²) in [6.45, 7) is 2.53. The molecule has 2 atom stereocenters. The average molecular weight is 505 g/mol. The van der Waals surface area contributed by atoms with Crippen molar-refractivity contribution in [1.29, 1.82) is 0 Å². The van der Waals surface area contributed by atoms with Gasteiger partial charge >= 0.3 is 5.97 Å². The van der Waals surface area contributed by atoms with Crippen LogP contribution in [0.25, 0.3) is 10.4 Å². The first-order valence-corrected chi connectivity index (χ1v) is 14.9. The van der Waals surface area contributed by atoms with Gasteiger partial charge in [0.25, 0.3) is 0 Å². The standard InChI is InChI=1S/C25H32N2O5S2/c28-25(29)21-4-2-1-3-20(21)22-23(33-24(26-22)18-9-13-32-14-10-18)17-5-7-19(8-6-17)27-11-15-34(30,31)16-12-27/h5-8,18,20-21H,1-4,9-16H2,(H,28,29). The zero-order valence-corrected chi connectivity index (χ0v) is 21.0. The van der Waals surface area contributed by atoms with E-state index in [1.165, 1.54) is 0 Å². The molecule has 2 unspecified atom stereocenters. The Labute approximate surface area is 205 Å². The summed E-state index contributed by atoms with van der Waals surface area (Å²) in [6.07, 6.45) is 5.48. The number of carbonyl (C=O) groups is 1. The van der Waals surface area contributed by atoms with Gasteiger partial charge in [0.2, 0.25) is 0 Å². The predicted octanol–water partition coefficient (Wildman–Crippen LogP) is 4.30. The quantitative estimate of drug-likeness (QED) is 0.648. The zero-order chi connectivity index (χ0) is 23.7.